The number of rotatable bonds is 11. The van der Waals surface area contributed by atoms with Gasteiger partial charge in [-0.15, -0.1) is 10.9 Å². The lowest BCUT2D eigenvalue weighted by Crippen LogP contribution is -2.59. The summed E-state index contributed by atoms with van der Waals surface area (Å²) in [6, 6.07) is 40.5. The van der Waals surface area contributed by atoms with E-state index in [0.29, 0.717) is 11.8 Å². The summed E-state index contributed by atoms with van der Waals surface area (Å²) in [6.07, 6.45) is 33.1. The third kappa shape index (κ3) is 9.51. The molecule has 0 heterocycles. The molecule has 2 nitrogen and oxygen atoms in total. The molecule has 0 amide bonds. The average Bonchev–Trinajstić information content (AvgIpc) is 3.44. The van der Waals surface area contributed by atoms with Gasteiger partial charge in [0.05, 0.1) is 12.1 Å². The van der Waals surface area contributed by atoms with E-state index in [0.717, 1.165) is 25.7 Å². The van der Waals surface area contributed by atoms with Crippen molar-refractivity contribution in [3.8, 4) is 11.1 Å². The summed E-state index contributed by atoms with van der Waals surface area (Å²) in [7, 11) is 23.0. The van der Waals surface area contributed by atoms with E-state index in [4.69, 9.17) is 0 Å². The fourth-order valence-electron chi connectivity index (χ4n) is 11.9. The minimum Gasteiger partial charge on any atom is -0.359 e. The highest BCUT2D eigenvalue weighted by atomic mass is 15.2. The molecule has 6 aromatic carbocycles. The van der Waals surface area contributed by atoms with Gasteiger partial charge in [0.1, 0.15) is 78.5 Å². The van der Waals surface area contributed by atoms with Crippen LogP contribution in [0.2, 0.25) is 0 Å². The third-order valence-electron chi connectivity index (χ3n) is 17.2. The zero-order valence-corrected chi connectivity index (χ0v) is 44.4. The molecule has 0 N–H and O–H groups in total. The van der Waals surface area contributed by atoms with Crippen molar-refractivity contribution in [1.82, 2.24) is 0 Å². The molecule has 4 aliphatic carbocycles. The SMILES string of the molecule is Bc1c(B)c(B)c(N(C2=CCC(c3ccc(C4=CCC(C5=CCC(N(c6c(B)c(B)c(B)c(B)c6B)C6C=CC(c7ccccc7)=CC6)C=C5)C=C4)cc3)C=C2)c2ccc(-c3ccccc3)cc2)c(B)c1B. The molecule has 4 atom stereocenters. The Kier molecular flexibility index (Phi) is 14.3. The standard InChI is InChI=1S/C60H62B10N2/c61-49-51(63)55(67)59(56(68)52(49)64)71(45-27-19-41(20-28-45)35-7-3-1-4-8-35)47-31-23-43(24-32-47)39-15-11-37(12-16-39)38-13-17-40(18-14-38)44-25-33-48(34-26-44)72(60-57(69)53(65)50(62)54(66)58(60)70)46-29-21-42(22-30-46)36-9-5-2-6-10-36/h1-17,19-23,25-29,31-33,40,43,46,48H,18,24,30,34,61-70H2. The molecule has 0 bridgehead atoms. The molecule has 4 unspecified atom stereocenters. The molecule has 0 aromatic heterocycles. The van der Waals surface area contributed by atoms with Gasteiger partial charge in [0, 0.05) is 34.6 Å². The summed E-state index contributed by atoms with van der Waals surface area (Å²) in [4.78, 5) is 5.24. The fourth-order valence-corrected chi connectivity index (χ4v) is 11.9. The molecule has 0 saturated heterocycles. The summed E-state index contributed by atoms with van der Waals surface area (Å²) in [5.41, 5.74) is 29.4. The molecule has 12 heteroatoms. The zero-order valence-electron chi connectivity index (χ0n) is 44.4. The van der Waals surface area contributed by atoms with Gasteiger partial charge in [0.15, 0.2) is 0 Å². The van der Waals surface area contributed by atoms with E-state index in [2.05, 4.69) is 270 Å². The highest BCUT2D eigenvalue weighted by molar-refractivity contribution is 6.70. The molecule has 0 aliphatic heterocycles. The van der Waals surface area contributed by atoms with Crippen LogP contribution in [0.1, 0.15) is 48.3 Å². The Hall–Kier alpha value is -6.51. The van der Waals surface area contributed by atoms with Gasteiger partial charge in [-0.25, -0.2) is 0 Å². The average molecular weight is 919 g/mol. The van der Waals surface area contributed by atoms with Crippen LogP contribution >= 0.6 is 0 Å². The van der Waals surface area contributed by atoms with E-state index < -0.39 is 0 Å². The van der Waals surface area contributed by atoms with E-state index in [9.17, 15) is 0 Å². The summed E-state index contributed by atoms with van der Waals surface area (Å²) >= 11 is 0. The van der Waals surface area contributed by atoms with Crippen molar-refractivity contribution in [2.75, 3.05) is 9.80 Å². The lowest BCUT2D eigenvalue weighted by molar-refractivity contribution is 0.613. The van der Waals surface area contributed by atoms with E-state index in [1.54, 1.807) is 0 Å². The second-order valence-corrected chi connectivity index (χ2v) is 21.0. The van der Waals surface area contributed by atoms with Gasteiger partial charge >= 0.3 is 0 Å². The Morgan fingerprint density at radius 3 is 1.29 bits per heavy atom. The van der Waals surface area contributed by atoms with Gasteiger partial charge in [0.2, 0.25) is 0 Å². The maximum absolute atomic E-state index is 2.74. The molecule has 0 radical (unpaired) electrons. The molecule has 4 aliphatic rings. The van der Waals surface area contributed by atoms with Crippen LogP contribution in [0.5, 0.6) is 0 Å². The first-order valence-corrected chi connectivity index (χ1v) is 26.4. The Morgan fingerprint density at radius 2 is 0.792 bits per heavy atom. The Morgan fingerprint density at radius 1 is 0.347 bits per heavy atom. The number of anilines is 3. The molecular formula is C60H62B10N2. The largest absolute Gasteiger partial charge is 0.359 e. The number of benzene rings is 6. The van der Waals surface area contributed by atoms with E-state index in [-0.39, 0.29) is 12.1 Å². The summed E-state index contributed by atoms with van der Waals surface area (Å²) in [6.45, 7) is 0. The van der Waals surface area contributed by atoms with E-state index in [1.807, 2.05) is 0 Å². The van der Waals surface area contributed by atoms with Crippen LogP contribution in [0.4, 0.5) is 17.1 Å². The minimum absolute atomic E-state index is 0.277. The van der Waals surface area contributed by atoms with Crippen LogP contribution in [-0.2, 0) is 0 Å². The number of allylic oxidation sites excluding steroid dienone is 11. The molecule has 6 aromatic rings. The topological polar surface area (TPSA) is 6.48 Å². The van der Waals surface area contributed by atoms with Crippen molar-refractivity contribution in [2.24, 2.45) is 5.92 Å². The Balaban J connectivity index is 0.825. The predicted molar refractivity (Wildman–Crippen MR) is 345 cm³/mol. The monoisotopic (exact) mass is 921 g/mol. The quantitative estimate of drug-likeness (QED) is 0.137. The van der Waals surface area contributed by atoms with Crippen LogP contribution < -0.4 is 64.4 Å². The second-order valence-electron chi connectivity index (χ2n) is 21.0. The van der Waals surface area contributed by atoms with Crippen molar-refractivity contribution >= 4 is 161 Å². The first kappa shape index (κ1) is 49.1. The van der Waals surface area contributed by atoms with Crippen molar-refractivity contribution in [1.29, 1.82) is 0 Å². The first-order valence-electron chi connectivity index (χ1n) is 26.4. The van der Waals surface area contributed by atoms with Crippen molar-refractivity contribution in [2.45, 2.75) is 43.7 Å². The lowest BCUT2D eigenvalue weighted by Gasteiger charge is -2.42. The highest BCUT2D eigenvalue weighted by Crippen LogP contribution is 2.37. The molecule has 0 saturated carbocycles. The number of hydrogen-bond donors (Lipinski definition) is 0. The highest BCUT2D eigenvalue weighted by Gasteiger charge is 2.30. The predicted octanol–water partition coefficient (Wildman–Crippen LogP) is -2.16. The second kappa shape index (κ2) is 20.9. The molecule has 10 rings (SSSR count). The summed E-state index contributed by atoms with van der Waals surface area (Å²) in [5.74, 6) is 0.704. The molecule has 72 heavy (non-hydrogen) atoms. The van der Waals surface area contributed by atoms with Gasteiger partial charge in [0.25, 0.3) is 0 Å². The van der Waals surface area contributed by atoms with Gasteiger partial charge in [-0.1, -0.05) is 208 Å². The maximum Gasteiger partial charge on any atom is 0.141 e. The van der Waals surface area contributed by atoms with Gasteiger partial charge in [-0.05, 0) is 88.4 Å². The van der Waals surface area contributed by atoms with Crippen LogP contribution in [0.25, 0.3) is 22.3 Å². The molecule has 0 spiro atoms. The van der Waals surface area contributed by atoms with E-state index >= 15 is 0 Å². The van der Waals surface area contributed by atoms with Crippen LogP contribution in [0.3, 0.4) is 0 Å². The fraction of sp³-hybridized carbons (Fsp3) is 0.133. The number of hydrogen-bond acceptors (Lipinski definition) is 2. The molecule has 0 fully saturated rings. The van der Waals surface area contributed by atoms with E-state index in [1.165, 1.54) is 122 Å². The summed E-state index contributed by atoms with van der Waals surface area (Å²) in [5, 5.41) is 0. The Bertz CT molecular complexity index is 3260. The normalized spacial score (nSPS) is 19.3. The third-order valence-corrected chi connectivity index (χ3v) is 17.2. The van der Waals surface area contributed by atoms with Crippen molar-refractivity contribution < 1.29 is 0 Å². The van der Waals surface area contributed by atoms with Crippen molar-refractivity contribution in [3.05, 3.63) is 210 Å². The van der Waals surface area contributed by atoms with Crippen LogP contribution in [0, 0.1) is 5.92 Å². The van der Waals surface area contributed by atoms with Crippen LogP contribution in [0.15, 0.2) is 193 Å². The van der Waals surface area contributed by atoms with Crippen molar-refractivity contribution in [3.63, 3.8) is 0 Å². The first-order chi connectivity index (χ1) is 34.9. The molecule has 342 valence electrons. The van der Waals surface area contributed by atoms with Crippen LogP contribution in [-0.4, -0.2) is 90.5 Å². The maximum atomic E-state index is 2.74. The summed E-state index contributed by atoms with van der Waals surface area (Å²) < 4.78 is 0. The van der Waals surface area contributed by atoms with Gasteiger partial charge in [-0.3, -0.25) is 0 Å². The minimum atomic E-state index is 0.277. The lowest BCUT2D eigenvalue weighted by atomic mass is 9.61. The Labute approximate surface area is 439 Å². The molecular weight excluding hydrogens is 857 g/mol. The van der Waals surface area contributed by atoms with Gasteiger partial charge < -0.3 is 9.80 Å². The smallest absolute Gasteiger partial charge is 0.141 e. The zero-order chi connectivity index (χ0) is 50.2. The van der Waals surface area contributed by atoms with Gasteiger partial charge in [-0.2, -0.15) is 0 Å². The number of nitrogens with zero attached hydrogens (tertiary/aromatic N) is 2.